The highest BCUT2D eigenvalue weighted by Gasteiger charge is 2.17. The lowest BCUT2D eigenvalue weighted by atomic mass is 9.98. The highest BCUT2D eigenvalue weighted by Crippen LogP contribution is 2.26. The molecule has 1 N–H and O–H groups in total. The Hall–Kier alpha value is -2.20. The molecule has 1 atom stereocenters. The van der Waals surface area contributed by atoms with Gasteiger partial charge in [-0.05, 0) is 37.7 Å². The zero-order chi connectivity index (χ0) is 14.1. The summed E-state index contributed by atoms with van der Waals surface area (Å²) in [7, 11) is 3.93. The largest absolute Gasteiger partial charge is 0.309 e. The fourth-order valence-corrected chi connectivity index (χ4v) is 2.68. The predicted molar refractivity (Wildman–Crippen MR) is 80.6 cm³/mol. The SMILES string of the molecule is CNC(c1ccc2ncccc2c1)c1cn(C)nc1C. The second-order valence-corrected chi connectivity index (χ2v) is 5.02. The molecule has 4 nitrogen and oxygen atoms in total. The third-order valence-corrected chi connectivity index (χ3v) is 3.61. The van der Waals surface area contributed by atoms with Gasteiger partial charge in [-0.1, -0.05) is 12.1 Å². The van der Waals surface area contributed by atoms with Gasteiger partial charge in [0.2, 0.25) is 0 Å². The van der Waals surface area contributed by atoms with E-state index in [1.807, 2.05) is 38.0 Å². The van der Waals surface area contributed by atoms with Crippen LogP contribution in [0.2, 0.25) is 0 Å². The van der Waals surface area contributed by atoms with Crippen LogP contribution in [0.5, 0.6) is 0 Å². The zero-order valence-corrected chi connectivity index (χ0v) is 12.0. The van der Waals surface area contributed by atoms with Crippen molar-refractivity contribution in [3.05, 3.63) is 59.5 Å². The number of nitrogens with zero attached hydrogens (tertiary/aromatic N) is 3. The van der Waals surface area contributed by atoms with Gasteiger partial charge >= 0.3 is 0 Å². The van der Waals surface area contributed by atoms with Crippen LogP contribution in [0, 0.1) is 6.92 Å². The molecule has 1 aromatic carbocycles. The quantitative estimate of drug-likeness (QED) is 0.792. The van der Waals surface area contributed by atoms with Crippen molar-refractivity contribution in [3.63, 3.8) is 0 Å². The minimum absolute atomic E-state index is 0.147. The van der Waals surface area contributed by atoms with E-state index in [0.29, 0.717) is 0 Å². The van der Waals surface area contributed by atoms with Crippen LogP contribution in [0.4, 0.5) is 0 Å². The lowest BCUT2D eigenvalue weighted by molar-refractivity contribution is 0.687. The van der Waals surface area contributed by atoms with Gasteiger partial charge in [-0.3, -0.25) is 9.67 Å². The molecule has 0 fully saturated rings. The van der Waals surface area contributed by atoms with Gasteiger partial charge in [0.1, 0.15) is 0 Å². The molecule has 0 saturated heterocycles. The number of hydrogen-bond donors (Lipinski definition) is 1. The van der Waals surface area contributed by atoms with Gasteiger partial charge in [-0.25, -0.2) is 0 Å². The molecule has 1 unspecified atom stereocenters. The van der Waals surface area contributed by atoms with Crippen LogP contribution in [-0.4, -0.2) is 21.8 Å². The number of benzene rings is 1. The smallest absolute Gasteiger partial charge is 0.0702 e. The molecule has 0 bridgehead atoms. The number of hydrogen-bond acceptors (Lipinski definition) is 3. The first kappa shape index (κ1) is 12.8. The van der Waals surface area contributed by atoms with E-state index in [-0.39, 0.29) is 6.04 Å². The van der Waals surface area contributed by atoms with Crippen molar-refractivity contribution < 1.29 is 0 Å². The molecule has 0 aliphatic rings. The standard InChI is InChI=1S/C16H18N4/c1-11-14(10-20(3)19-11)16(17-2)13-6-7-15-12(9-13)5-4-8-18-15/h4-10,16-17H,1-3H3. The Balaban J connectivity index is 2.09. The van der Waals surface area contributed by atoms with E-state index in [1.54, 1.807) is 0 Å². The van der Waals surface area contributed by atoms with Crippen LogP contribution in [-0.2, 0) is 7.05 Å². The van der Waals surface area contributed by atoms with E-state index in [2.05, 4.69) is 45.9 Å². The highest BCUT2D eigenvalue weighted by molar-refractivity contribution is 5.79. The molecule has 3 rings (SSSR count). The number of aryl methyl sites for hydroxylation is 2. The van der Waals surface area contributed by atoms with Gasteiger partial charge < -0.3 is 5.32 Å². The summed E-state index contributed by atoms with van der Waals surface area (Å²) in [5.41, 5.74) is 4.51. The molecule has 2 aromatic heterocycles. The number of nitrogens with one attached hydrogen (secondary N) is 1. The topological polar surface area (TPSA) is 42.7 Å². The van der Waals surface area contributed by atoms with Gasteiger partial charge in [0.05, 0.1) is 17.3 Å². The molecule has 3 aromatic rings. The average molecular weight is 266 g/mol. The maximum Gasteiger partial charge on any atom is 0.0702 e. The Bertz CT molecular complexity index is 745. The Morgan fingerprint density at radius 2 is 2.10 bits per heavy atom. The van der Waals surface area contributed by atoms with E-state index < -0.39 is 0 Å². The molecule has 0 aliphatic heterocycles. The van der Waals surface area contributed by atoms with Crippen molar-refractivity contribution in [2.24, 2.45) is 7.05 Å². The van der Waals surface area contributed by atoms with Crippen LogP contribution >= 0.6 is 0 Å². The summed E-state index contributed by atoms with van der Waals surface area (Å²) in [5.74, 6) is 0. The normalized spacial score (nSPS) is 12.8. The van der Waals surface area contributed by atoms with Crippen molar-refractivity contribution in [1.29, 1.82) is 0 Å². The van der Waals surface area contributed by atoms with Gasteiger partial charge in [0, 0.05) is 30.4 Å². The minimum atomic E-state index is 0.147. The monoisotopic (exact) mass is 266 g/mol. The van der Waals surface area contributed by atoms with Crippen LogP contribution in [0.15, 0.2) is 42.7 Å². The molecule has 0 aliphatic carbocycles. The predicted octanol–water partition coefficient (Wildman–Crippen LogP) is 2.59. The number of pyridine rings is 1. The average Bonchev–Trinajstić information content (AvgIpc) is 2.78. The molecule has 0 saturated carbocycles. The second-order valence-electron chi connectivity index (χ2n) is 5.02. The van der Waals surface area contributed by atoms with Gasteiger partial charge in [-0.2, -0.15) is 5.10 Å². The lowest BCUT2D eigenvalue weighted by Gasteiger charge is -2.16. The van der Waals surface area contributed by atoms with Gasteiger partial charge in [-0.15, -0.1) is 0 Å². The summed E-state index contributed by atoms with van der Waals surface area (Å²) in [6, 6.07) is 10.6. The maximum absolute atomic E-state index is 4.43. The van der Waals surface area contributed by atoms with Crippen LogP contribution in [0.3, 0.4) is 0 Å². The second kappa shape index (κ2) is 5.06. The van der Waals surface area contributed by atoms with Crippen molar-refractivity contribution in [1.82, 2.24) is 20.1 Å². The first-order chi connectivity index (χ1) is 9.69. The lowest BCUT2D eigenvalue weighted by Crippen LogP contribution is -2.18. The van der Waals surface area contributed by atoms with Crippen molar-refractivity contribution >= 4 is 10.9 Å². The Labute approximate surface area is 118 Å². The van der Waals surface area contributed by atoms with E-state index in [0.717, 1.165) is 16.6 Å². The van der Waals surface area contributed by atoms with E-state index in [1.165, 1.54) is 11.1 Å². The van der Waals surface area contributed by atoms with Crippen LogP contribution in [0.1, 0.15) is 22.9 Å². The summed E-state index contributed by atoms with van der Waals surface area (Å²) in [5, 5.41) is 8.97. The van der Waals surface area contributed by atoms with Crippen LogP contribution in [0.25, 0.3) is 10.9 Å². The van der Waals surface area contributed by atoms with E-state index in [9.17, 15) is 0 Å². The number of rotatable bonds is 3. The molecular formula is C16H18N4. The maximum atomic E-state index is 4.43. The Morgan fingerprint density at radius 3 is 2.80 bits per heavy atom. The summed E-state index contributed by atoms with van der Waals surface area (Å²) in [6.07, 6.45) is 3.90. The van der Waals surface area contributed by atoms with Crippen LogP contribution < -0.4 is 5.32 Å². The molecule has 102 valence electrons. The molecule has 0 radical (unpaired) electrons. The minimum Gasteiger partial charge on any atom is -0.309 e. The molecule has 20 heavy (non-hydrogen) atoms. The fraction of sp³-hybridized carbons (Fsp3) is 0.250. The van der Waals surface area contributed by atoms with E-state index in [4.69, 9.17) is 0 Å². The molecule has 4 heteroatoms. The summed E-state index contributed by atoms with van der Waals surface area (Å²) >= 11 is 0. The first-order valence-corrected chi connectivity index (χ1v) is 6.71. The third kappa shape index (κ3) is 2.18. The summed E-state index contributed by atoms with van der Waals surface area (Å²) < 4.78 is 1.86. The van der Waals surface area contributed by atoms with Gasteiger partial charge in [0.25, 0.3) is 0 Å². The third-order valence-electron chi connectivity index (χ3n) is 3.61. The fourth-order valence-electron chi connectivity index (χ4n) is 2.68. The Kier molecular flexibility index (Phi) is 3.24. The summed E-state index contributed by atoms with van der Waals surface area (Å²) in [4.78, 5) is 4.37. The van der Waals surface area contributed by atoms with Crippen molar-refractivity contribution in [2.75, 3.05) is 7.05 Å². The van der Waals surface area contributed by atoms with E-state index >= 15 is 0 Å². The van der Waals surface area contributed by atoms with Crippen molar-refractivity contribution in [3.8, 4) is 0 Å². The van der Waals surface area contributed by atoms with Crippen molar-refractivity contribution in [2.45, 2.75) is 13.0 Å². The highest BCUT2D eigenvalue weighted by atomic mass is 15.3. The zero-order valence-electron chi connectivity index (χ0n) is 12.0. The molecular weight excluding hydrogens is 248 g/mol. The first-order valence-electron chi connectivity index (χ1n) is 6.71. The molecule has 2 heterocycles. The number of aromatic nitrogens is 3. The molecule has 0 spiro atoms. The summed E-state index contributed by atoms with van der Waals surface area (Å²) in [6.45, 7) is 2.04. The number of fused-ring (bicyclic) bond motifs is 1. The van der Waals surface area contributed by atoms with Gasteiger partial charge in [0.15, 0.2) is 0 Å². The molecule has 0 amide bonds. The Morgan fingerprint density at radius 1 is 1.25 bits per heavy atom.